The molecule has 5 heteroatoms. The maximum Gasteiger partial charge on any atom is 0.315 e. The van der Waals surface area contributed by atoms with Gasteiger partial charge in [0.15, 0.2) is 5.78 Å². The first kappa shape index (κ1) is 19.3. The van der Waals surface area contributed by atoms with Crippen LogP contribution in [0.25, 0.3) is 0 Å². The predicted octanol–water partition coefficient (Wildman–Crippen LogP) is 4.22. The van der Waals surface area contributed by atoms with E-state index in [1.165, 1.54) is 0 Å². The molecule has 0 amide bonds. The summed E-state index contributed by atoms with van der Waals surface area (Å²) in [7, 11) is 0. The Morgan fingerprint density at radius 1 is 1.15 bits per heavy atom. The van der Waals surface area contributed by atoms with Gasteiger partial charge >= 0.3 is 5.97 Å². The molecule has 0 aromatic heterocycles. The standard InChI is InChI=1S/C22H27NO4/c1-4-15-21(22(25)27-6-3)19(14-10-7-8-13-18(14)26-5-2)20-16(23-15)11-9-12-17(20)24/h7-8,10,13,19,21H,4-6,9,11-12H2,1-3H3/t19-,21?/m0/s1. The lowest BCUT2D eigenvalue weighted by atomic mass is 9.71. The van der Waals surface area contributed by atoms with Gasteiger partial charge in [-0.15, -0.1) is 0 Å². The Labute approximate surface area is 160 Å². The number of benzene rings is 1. The molecule has 1 aliphatic heterocycles. The Kier molecular flexibility index (Phi) is 6.09. The maximum absolute atomic E-state index is 12.9. The largest absolute Gasteiger partial charge is 0.494 e. The van der Waals surface area contributed by atoms with E-state index in [1.54, 1.807) is 6.92 Å². The number of ether oxygens (including phenoxy) is 2. The van der Waals surface area contributed by atoms with Crippen molar-refractivity contribution in [3.63, 3.8) is 0 Å². The topological polar surface area (TPSA) is 65.0 Å². The smallest absolute Gasteiger partial charge is 0.315 e. The zero-order chi connectivity index (χ0) is 19.4. The molecule has 0 saturated carbocycles. The molecule has 1 unspecified atom stereocenters. The van der Waals surface area contributed by atoms with Crippen molar-refractivity contribution in [2.24, 2.45) is 10.9 Å². The lowest BCUT2D eigenvalue weighted by Crippen LogP contribution is -2.38. The molecule has 0 bridgehead atoms. The fraction of sp³-hybridized carbons (Fsp3) is 0.500. The van der Waals surface area contributed by atoms with Crippen LogP contribution in [0, 0.1) is 5.92 Å². The highest BCUT2D eigenvalue weighted by Crippen LogP contribution is 2.46. The number of nitrogens with zero attached hydrogens (tertiary/aromatic N) is 1. The second-order valence-electron chi connectivity index (χ2n) is 6.77. The number of rotatable bonds is 6. The average Bonchev–Trinajstić information content (AvgIpc) is 2.67. The van der Waals surface area contributed by atoms with Crippen molar-refractivity contribution in [2.45, 2.75) is 52.4 Å². The Morgan fingerprint density at radius 3 is 2.63 bits per heavy atom. The van der Waals surface area contributed by atoms with Gasteiger partial charge < -0.3 is 9.47 Å². The van der Waals surface area contributed by atoms with Gasteiger partial charge in [-0.05, 0) is 39.2 Å². The number of hydrogen-bond donors (Lipinski definition) is 0. The highest BCUT2D eigenvalue weighted by Gasteiger charge is 2.44. The van der Waals surface area contributed by atoms with Crippen LogP contribution in [0.4, 0.5) is 0 Å². The van der Waals surface area contributed by atoms with E-state index in [0.717, 1.165) is 29.8 Å². The van der Waals surface area contributed by atoms with Crippen molar-refractivity contribution in [3.8, 4) is 5.75 Å². The molecule has 0 radical (unpaired) electrons. The highest BCUT2D eigenvalue weighted by atomic mass is 16.5. The fourth-order valence-corrected chi connectivity index (χ4v) is 4.08. The second kappa shape index (κ2) is 8.51. The maximum atomic E-state index is 12.9. The molecule has 1 aromatic rings. The van der Waals surface area contributed by atoms with Crippen LogP contribution in [0.15, 0.2) is 40.5 Å². The molecule has 0 N–H and O–H groups in total. The Bertz CT molecular complexity index is 793. The average molecular weight is 369 g/mol. The zero-order valence-electron chi connectivity index (χ0n) is 16.3. The molecular formula is C22H27NO4. The van der Waals surface area contributed by atoms with Crippen molar-refractivity contribution in [1.29, 1.82) is 0 Å². The molecule has 1 aliphatic carbocycles. The summed E-state index contributed by atoms with van der Waals surface area (Å²) in [4.78, 5) is 30.5. The summed E-state index contributed by atoms with van der Waals surface area (Å²) in [6, 6.07) is 7.67. The van der Waals surface area contributed by atoms with Gasteiger partial charge in [-0.3, -0.25) is 14.6 Å². The van der Waals surface area contributed by atoms with Crippen molar-refractivity contribution in [2.75, 3.05) is 13.2 Å². The third kappa shape index (κ3) is 3.68. The SMILES string of the molecule is CCOC(=O)C1C(CC)=NC2=C(C(=O)CCC2)[C@@H]1c1ccccc1OCC. The van der Waals surface area contributed by atoms with Gasteiger partial charge in [0.25, 0.3) is 0 Å². The molecule has 3 rings (SSSR count). The van der Waals surface area contributed by atoms with Crippen LogP contribution in [0.1, 0.15) is 57.9 Å². The Balaban J connectivity index is 2.20. The summed E-state index contributed by atoms with van der Waals surface area (Å²) in [5.74, 6) is -0.513. The first-order valence-electron chi connectivity index (χ1n) is 9.84. The summed E-state index contributed by atoms with van der Waals surface area (Å²) in [6.45, 7) is 6.53. The first-order valence-corrected chi connectivity index (χ1v) is 9.84. The predicted molar refractivity (Wildman–Crippen MR) is 104 cm³/mol. The normalized spacial score (nSPS) is 22.2. The third-order valence-corrected chi connectivity index (χ3v) is 5.17. The van der Waals surface area contributed by atoms with Crippen LogP contribution in [0.3, 0.4) is 0 Å². The Morgan fingerprint density at radius 2 is 1.93 bits per heavy atom. The fourth-order valence-electron chi connectivity index (χ4n) is 4.08. The van der Waals surface area contributed by atoms with Crippen LogP contribution in [-0.4, -0.2) is 30.7 Å². The first-order chi connectivity index (χ1) is 13.1. The van der Waals surface area contributed by atoms with Crippen LogP contribution in [0.2, 0.25) is 0 Å². The third-order valence-electron chi connectivity index (χ3n) is 5.17. The van der Waals surface area contributed by atoms with Gasteiger partial charge in [-0.2, -0.15) is 0 Å². The van der Waals surface area contributed by atoms with Crippen molar-refractivity contribution >= 4 is 17.5 Å². The summed E-state index contributed by atoms with van der Waals surface area (Å²) in [6.07, 6.45) is 2.72. The monoisotopic (exact) mass is 369 g/mol. The van der Waals surface area contributed by atoms with Crippen molar-refractivity contribution < 1.29 is 19.1 Å². The van der Waals surface area contributed by atoms with E-state index in [4.69, 9.17) is 14.5 Å². The minimum absolute atomic E-state index is 0.0840. The number of Topliss-reactive ketones (excluding diaryl/α,β-unsaturated/α-hetero) is 1. The molecule has 2 atom stereocenters. The molecule has 1 aromatic carbocycles. The molecule has 2 aliphatic rings. The van der Waals surface area contributed by atoms with E-state index in [2.05, 4.69) is 0 Å². The van der Waals surface area contributed by atoms with Crippen molar-refractivity contribution in [3.05, 3.63) is 41.1 Å². The van der Waals surface area contributed by atoms with Crippen LogP contribution >= 0.6 is 0 Å². The highest BCUT2D eigenvalue weighted by molar-refractivity contribution is 6.09. The number of carbonyl (C=O) groups excluding carboxylic acids is 2. The number of hydrogen-bond acceptors (Lipinski definition) is 5. The van der Waals surface area contributed by atoms with E-state index in [-0.39, 0.29) is 11.8 Å². The summed E-state index contributed by atoms with van der Waals surface area (Å²) >= 11 is 0. The molecule has 27 heavy (non-hydrogen) atoms. The summed E-state index contributed by atoms with van der Waals surface area (Å²) in [5, 5.41) is 0. The summed E-state index contributed by atoms with van der Waals surface area (Å²) < 4.78 is 11.2. The van der Waals surface area contributed by atoms with E-state index in [1.807, 2.05) is 38.1 Å². The molecule has 144 valence electrons. The number of para-hydroxylation sites is 1. The quantitative estimate of drug-likeness (QED) is 0.704. The second-order valence-corrected chi connectivity index (χ2v) is 6.77. The lowest BCUT2D eigenvalue weighted by Gasteiger charge is -2.35. The Hall–Kier alpha value is -2.43. The molecule has 0 saturated heterocycles. The van der Waals surface area contributed by atoms with Gasteiger partial charge in [0.2, 0.25) is 0 Å². The lowest BCUT2D eigenvalue weighted by molar-refractivity contribution is -0.146. The van der Waals surface area contributed by atoms with E-state index < -0.39 is 11.8 Å². The molecule has 1 heterocycles. The number of allylic oxidation sites excluding steroid dienone is 2. The van der Waals surface area contributed by atoms with Gasteiger partial charge in [0, 0.05) is 34.9 Å². The number of ketones is 1. The van der Waals surface area contributed by atoms with Crippen molar-refractivity contribution in [1.82, 2.24) is 0 Å². The van der Waals surface area contributed by atoms with Crippen LogP contribution < -0.4 is 4.74 Å². The van der Waals surface area contributed by atoms with E-state index in [9.17, 15) is 9.59 Å². The minimum Gasteiger partial charge on any atom is -0.494 e. The number of aliphatic imine (C=N–C) groups is 1. The van der Waals surface area contributed by atoms with Gasteiger partial charge in [-0.25, -0.2) is 0 Å². The van der Waals surface area contributed by atoms with E-state index >= 15 is 0 Å². The van der Waals surface area contributed by atoms with Gasteiger partial charge in [-0.1, -0.05) is 25.1 Å². The van der Waals surface area contributed by atoms with Crippen LogP contribution in [0.5, 0.6) is 5.75 Å². The van der Waals surface area contributed by atoms with Gasteiger partial charge in [0.1, 0.15) is 11.7 Å². The molecule has 0 spiro atoms. The summed E-state index contributed by atoms with van der Waals surface area (Å²) in [5.41, 5.74) is 3.16. The van der Waals surface area contributed by atoms with Crippen LogP contribution in [-0.2, 0) is 14.3 Å². The molecule has 5 nitrogen and oxygen atoms in total. The zero-order valence-corrected chi connectivity index (χ0v) is 16.3. The minimum atomic E-state index is -0.586. The van der Waals surface area contributed by atoms with Gasteiger partial charge in [0.05, 0.1) is 13.2 Å². The number of carbonyl (C=O) groups is 2. The number of esters is 1. The molecule has 0 fully saturated rings. The van der Waals surface area contributed by atoms with E-state index in [0.29, 0.717) is 37.4 Å². The molecular weight excluding hydrogens is 342 g/mol.